The number of amides is 2. The zero-order valence-corrected chi connectivity index (χ0v) is 18.9. The standard InChI is InChI=1S/C28H26N2O4/c1-2-30(24-9-5-3-6-10-24)26(31)19-21-13-15-23(16-14-21)29-28(32)27-22(17-18-33-27)20-34-25-11-7-4-8-12-25/h3-18H,2,19-20H2,1H3,(H,29,32). The first-order valence-electron chi connectivity index (χ1n) is 11.1. The Kier molecular flexibility index (Phi) is 7.40. The second-order valence-corrected chi connectivity index (χ2v) is 7.68. The third-order valence-electron chi connectivity index (χ3n) is 5.34. The van der Waals surface area contributed by atoms with E-state index in [0.29, 0.717) is 23.5 Å². The molecule has 0 aliphatic rings. The van der Waals surface area contributed by atoms with Gasteiger partial charge in [-0.15, -0.1) is 0 Å². The van der Waals surface area contributed by atoms with Gasteiger partial charge in [0, 0.05) is 23.5 Å². The minimum atomic E-state index is -0.360. The van der Waals surface area contributed by atoms with Gasteiger partial charge in [-0.05, 0) is 55.0 Å². The van der Waals surface area contributed by atoms with Crippen molar-refractivity contribution in [2.24, 2.45) is 0 Å². The number of furan rings is 1. The summed E-state index contributed by atoms with van der Waals surface area (Å²) in [5.74, 6) is 0.580. The number of para-hydroxylation sites is 2. The van der Waals surface area contributed by atoms with Crippen molar-refractivity contribution in [3.63, 3.8) is 0 Å². The molecule has 0 unspecified atom stereocenters. The van der Waals surface area contributed by atoms with E-state index in [9.17, 15) is 9.59 Å². The highest BCUT2D eigenvalue weighted by molar-refractivity contribution is 6.03. The van der Waals surface area contributed by atoms with Crippen molar-refractivity contribution in [3.8, 4) is 5.75 Å². The average molecular weight is 455 g/mol. The van der Waals surface area contributed by atoms with Crippen molar-refractivity contribution in [1.82, 2.24) is 0 Å². The first kappa shape index (κ1) is 22.9. The summed E-state index contributed by atoms with van der Waals surface area (Å²) in [4.78, 5) is 27.3. The second-order valence-electron chi connectivity index (χ2n) is 7.68. The summed E-state index contributed by atoms with van der Waals surface area (Å²) in [6, 6.07) is 28.0. The Balaban J connectivity index is 1.35. The molecule has 3 aromatic carbocycles. The van der Waals surface area contributed by atoms with Crippen molar-refractivity contribution in [2.75, 3.05) is 16.8 Å². The summed E-state index contributed by atoms with van der Waals surface area (Å²) in [7, 11) is 0. The normalized spacial score (nSPS) is 10.5. The first-order valence-corrected chi connectivity index (χ1v) is 11.1. The SMILES string of the molecule is CCN(C(=O)Cc1ccc(NC(=O)c2occc2COc2ccccc2)cc1)c1ccccc1. The van der Waals surface area contributed by atoms with Crippen molar-refractivity contribution in [1.29, 1.82) is 0 Å². The molecule has 0 bridgehead atoms. The first-order chi connectivity index (χ1) is 16.6. The minimum Gasteiger partial charge on any atom is -0.489 e. The smallest absolute Gasteiger partial charge is 0.291 e. The van der Waals surface area contributed by atoms with Crippen LogP contribution in [0.1, 0.15) is 28.6 Å². The molecule has 0 aliphatic carbocycles. The molecule has 0 atom stereocenters. The molecule has 1 heterocycles. The van der Waals surface area contributed by atoms with Gasteiger partial charge < -0.3 is 19.4 Å². The number of nitrogens with zero attached hydrogens (tertiary/aromatic N) is 1. The van der Waals surface area contributed by atoms with Crippen LogP contribution in [0.2, 0.25) is 0 Å². The fraction of sp³-hybridized carbons (Fsp3) is 0.143. The van der Waals surface area contributed by atoms with Crippen LogP contribution in [0.4, 0.5) is 11.4 Å². The molecule has 6 nitrogen and oxygen atoms in total. The molecule has 0 fully saturated rings. The fourth-order valence-corrected chi connectivity index (χ4v) is 3.60. The Morgan fingerprint density at radius 1 is 0.882 bits per heavy atom. The van der Waals surface area contributed by atoms with Gasteiger partial charge >= 0.3 is 0 Å². The number of rotatable bonds is 9. The fourth-order valence-electron chi connectivity index (χ4n) is 3.60. The van der Waals surface area contributed by atoms with E-state index in [1.54, 1.807) is 23.1 Å². The van der Waals surface area contributed by atoms with Gasteiger partial charge in [-0.1, -0.05) is 48.5 Å². The van der Waals surface area contributed by atoms with E-state index < -0.39 is 0 Å². The molecule has 4 aromatic rings. The number of hydrogen-bond acceptors (Lipinski definition) is 4. The van der Waals surface area contributed by atoms with Gasteiger partial charge in [0.1, 0.15) is 12.4 Å². The third-order valence-corrected chi connectivity index (χ3v) is 5.34. The van der Waals surface area contributed by atoms with Crippen LogP contribution in [-0.2, 0) is 17.8 Å². The number of likely N-dealkylation sites (N-methyl/N-ethyl adjacent to an activating group) is 1. The lowest BCUT2D eigenvalue weighted by Crippen LogP contribution is -2.31. The zero-order valence-electron chi connectivity index (χ0n) is 18.9. The van der Waals surface area contributed by atoms with Crippen LogP contribution in [0.5, 0.6) is 5.75 Å². The molecule has 1 N–H and O–H groups in total. The maximum absolute atomic E-state index is 12.8. The van der Waals surface area contributed by atoms with E-state index in [1.807, 2.05) is 79.7 Å². The number of hydrogen-bond donors (Lipinski definition) is 1. The van der Waals surface area contributed by atoms with Crippen LogP contribution in [-0.4, -0.2) is 18.4 Å². The molecule has 0 saturated heterocycles. The maximum Gasteiger partial charge on any atom is 0.291 e. The molecular weight excluding hydrogens is 428 g/mol. The average Bonchev–Trinajstić information content (AvgIpc) is 3.35. The number of benzene rings is 3. The monoisotopic (exact) mass is 454 g/mol. The van der Waals surface area contributed by atoms with E-state index in [1.165, 1.54) is 6.26 Å². The van der Waals surface area contributed by atoms with Crippen LogP contribution >= 0.6 is 0 Å². The van der Waals surface area contributed by atoms with Crippen LogP contribution in [0.3, 0.4) is 0 Å². The highest BCUT2D eigenvalue weighted by Gasteiger charge is 2.17. The molecule has 34 heavy (non-hydrogen) atoms. The van der Waals surface area contributed by atoms with E-state index >= 15 is 0 Å². The summed E-state index contributed by atoms with van der Waals surface area (Å²) in [6.07, 6.45) is 1.75. The lowest BCUT2D eigenvalue weighted by Gasteiger charge is -2.21. The molecule has 1 aromatic heterocycles. The van der Waals surface area contributed by atoms with Crippen molar-refractivity contribution in [3.05, 3.63) is 114 Å². The van der Waals surface area contributed by atoms with E-state index in [0.717, 1.165) is 11.3 Å². The summed E-state index contributed by atoms with van der Waals surface area (Å²) in [6.45, 7) is 2.77. The molecule has 0 aliphatic heterocycles. The molecule has 6 heteroatoms. The molecule has 0 saturated carbocycles. The zero-order chi connectivity index (χ0) is 23.8. The van der Waals surface area contributed by atoms with Crippen LogP contribution in [0.15, 0.2) is 102 Å². The van der Waals surface area contributed by atoms with Gasteiger partial charge in [0.2, 0.25) is 5.91 Å². The molecule has 0 radical (unpaired) electrons. The quantitative estimate of drug-likeness (QED) is 0.352. The second kappa shape index (κ2) is 11.0. The highest BCUT2D eigenvalue weighted by atomic mass is 16.5. The van der Waals surface area contributed by atoms with Gasteiger partial charge in [-0.2, -0.15) is 0 Å². The van der Waals surface area contributed by atoms with Gasteiger partial charge in [-0.25, -0.2) is 0 Å². The van der Waals surface area contributed by atoms with Gasteiger partial charge in [0.25, 0.3) is 5.91 Å². The van der Waals surface area contributed by atoms with Crippen molar-refractivity contribution >= 4 is 23.2 Å². The minimum absolute atomic E-state index is 0.0177. The molecule has 4 rings (SSSR count). The van der Waals surface area contributed by atoms with Gasteiger partial charge in [0.15, 0.2) is 5.76 Å². The third kappa shape index (κ3) is 5.72. The maximum atomic E-state index is 12.8. The summed E-state index contributed by atoms with van der Waals surface area (Å²) >= 11 is 0. The number of nitrogens with one attached hydrogen (secondary N) is 1. The van der Waals surface area contributed by atoms with Crippen molar-refractivity contribution < 1.29 is 18.7 Å². The van der Waals surface area contributed by atoms with E-state index in [4.69, 9.17) is 9.15 Å². The van der Waals surface area contributed by atoms with Crippen LogP contribution in [0.25, 0.3) is 0 Å². The molecule has 2 amide bonds. The Bertz CT molecular complexity index is 1220. The predicted octanol–water partition coefficient (Wildman–Crippen LogP) is 5.71. The number of carbonyl (C=O) groups is 2. The van der Waals surface area contributed by atoms with E-state index in [-0.39, 0.29) is 30.6 Å². The Morgan fingerprint density at radius 3 is 2.24 bits per heavy atom. The molecule has 172 valence electrons. The van der Waals surface area contributed by atoms with Crippen LogP contribution < -0.4 is 15.0 Å². The number of carbonyl (C=O) groups excluding carboxylic acids is 2. The Labute approximate surface area is 198 Å². The van der Waals surface area contributed by atoms with Gasteiger partial charge in [-0.3, -0.25) is 9.59 Å². The van der Waals surface area contributed by atoms with E-state index in [2.05, 4.69) is 5.32 Å². The summed E-state index contributed by atoms with van der Waals surface area (Å²) < 4.78 is 11.1. The lowest BCUT2D eigenvalue weighted by molar-refractivity contribution is -0.117. The largest absolute Gasteiger partial charge is 0.489 e. The predicted molar refractivity (Wildman–Crippen MR) is 132 cm³/mol. The Hall–Kier alpha value is -4.32. The molecule has 0 spiro atoms. The van der Waals surface area contributed by atoms with Gasteiger partial charge in [0.05, 0.1) is 12.7 Å². The Morgan fingerprint density at radius 2 is 1.56 bits per heavy atom. The summed E-state index contributed by atoms with van der Waals surface area (Å²) in [5.41, 5.74) is 3.02. The topological polar surface area (TPSA) is 71.8 Å². The number of anilines is 2. The molecular formula is C28H26N2O4. The lowest BCUT2D eigenvalue weighted by atomic mass is 10.1. The summed E-state index contributed by atoms with van der Waals surface area (Å²) in [5, 5.41) is 2.84. The number of ether oxygens (including phenoxy) is 1. The highest BCUT2D eigenvalue weighted by Crippen LogP contribution is 2.19. The van der Waals surface area contributed by atoms with Crippen molar-refractivity contribution in [2.45, 2.75) is 20.0 Å². The van der Waals surface area contributed by atoms with Crippen LogP contribution in [0, 0.1) is 0 Å².